The van der Waals surface area contributed by atoms with E-state index in [0.29, 0.717) is 0 Å². The third-order valence-corrected chi connectivity index (χ3v) is 4.25. The van der Waals surface area contributed by atoms with E-state index in [4.69, 9.17) is 0 Å². The van der Waals surface area contributed by atoms with Crippen molar-refractivity contribution in [3.05, 3.63) is 36.0 Å². The Balaban J connectivity index is 1.72. The van der Waals surface area contributed by atoms with Crippen LogP contribution in [0, 0.1) is 6.92 Å². The van der Waals surface area contributed by atoms with Crippen molar-refractivity contribution in [3.8, 4) is 0 Å². The number of benzene rings is 1. The molecule has 0 N–H and O–H groups in total. The number of unbranched alkanes of at least 4 members (excludes halogenated alkanes) is 7. The highest BCUT2D eigenvalue weighted by Crippen LogP contribution is 2.20. The second kappa shape index (κ2) is 8.14. The van der Waals surface area contributed by atoms with Gasteiger partial charge in [0, 0.05) is 17.8 Å². The normalized spacial score (nSPS) is 11.3. The van der Waals surface area contributed by atoms with Crippen LogP contribution in [0.4, 0.5) is 0 Å². The molecular weight excluding hydrogens is 242 g/mol. The van der Waals surface area contributed by atoms with Crippen molar-refractivity contribution in [2.24, 2.45) is 0 Å². The molecule has 0 aliphatic carbocycles. The smallest absolute Gasteiger partial charge is 0.0482 e. The molecule has 0 saturated heterocycles. The Labute approximate surface area is 124 Å². The molecule has 0 saturated carbocycles. The fourth-order valence-corrected chi connectivity index (χ4v) is 3.05. The average molecular weight is 271 g/mol. The zero-order valence-electron chi connectivity index (χ0n) is 13.2. The quantitative estimate of drug-likeness (QED) is 0.486. The molecule has 0 atom stereocenters. The third-order valence-electron chi connectivity index (χ3n) is 4.25. The van der Waals surface area contributed by atoms with Gasteiger partial charge < -0.3 is 4.57 Å². The predicted octanol–water partition coefficient (Wildman–Crippen LogP) is 6.09. The first kappa shape index (κ1) is 15.2. The van der Waals surface area contributed by atoms with Gasteiger partial charge in [0.2, 0.25) is 0 Å². The summed E-state index contributed by atoms with van der Waals surface area (Å²) >= 11 is 0. The maximum Gasteiger partial charge on any atom is 0.0482 e. The van der Waals surface area contributed by atoms with Crippen LogP contribution in [-0.4, -0.2) is 4.57 Å². The van der Waals surface area contributed by atoms with E-state index in [2.05, 4.69) is 48.7 Å². The first-order chi connectivity index (χ1) is 9.83. The van der Waals surface area contributed by atoms with E-state index < -0.39 is 0 Å². The van der Waals surface area contributed by atoms with Crippen LogP contribution < -0.4 is 0 Å². The SMILES string of the molecule is CCCCCCCCCCn1c(C)cc2ccccc21. The van der Waals surface area contributed by atoms with E-state index in [0.717, 1.165) is 0 Å². The van der Waals surface area contributed by atoms with E-state index in [1.165, 1.54) is 74.5 Å². The van der Waals surface area contributed by atoms with Gasteiger partial charge in [0.1, 0.15) is 0 Å². The van der Waals surface area contributed by atoms with Crippen molar-refractivity contribution in [2.45, 2.75) is 71.8 Å². The maximum absolute atomic E-state index is 2.48. The molecule has 110 valence electrons. The second-order valence-corrected chi connectivity index (χ2v) is 5.97. The van der Waals surface area contributed by atoms with Gasteiger partial charge in [-0.2, -0.15) is 0 Å². The molecular formula is C19H29N. The van der Waals surface area contributed by atoms with Gasteiger partial charge in [0.25, 0.3) is 0 Å². The van der Waals surface area contributed by atoms with Crippen LogP contribution in [0.25, 0.3) is 10.9 Å². The Bertz CT molecular complexity index is 509. The lowest BCUT2D eigenvalue weighted by atomic mass is 10.1. The summed E-state index contributed by atoms with van der Waals surface area (Å²) in [5.74, 6) is 0. The monoisotopic (exact) mass is 271 g/mol. The molecule has 0 fully saturated rings. The van der Waals surface area contributed by atoms with Crippen LogP contribution >= 0.6 is 0 Å². The largest absolute Gasteiger partial charge is 0.345 e. The number of fused-ring (bicyclic) bond motifs is 1. The zero-order chi connectivity index (χ0) is 14.2. The summed E-state index contributed by atoms with van der Waals surface area (Å²) in [6.45, 7) is 5.68. The van der Waals surface area contributed by atoms with Crippen molar-refractivity contribution in [2.75, 3.05) is 0 Å². The van der Waals surface area contributed by atoms with E-state index in [-0.39, 0.29) is 0 Å². The predicted molar refractivity (Wildman–Crippen MR) is 89.3 cm³/mol. The molecule has 2 rings (SSSR count). The highest BCUT2D eigenvalue weighted by Gasteiger charge is 2.04. The molecule has 1 aromatic heterocycles. The fourth-order valence-electron chi connectivity index (χ4n) is 3.05. The van der Waals surface area contributed by atoms with Crippen molar-refractivity contribution in [1.82, 2.24) is 4.57 Å². The first-order valence-electron chi connectivity index (χ1n) is 8.38. The molecule has 0 amide bonds. The molecule has 0 aliphatic rings. The lowest BCUT2D eigenvalue weighted by Gasteiger charge is -2.08. The maximum atomic E-state index is 2.48. The van der Waals surface area contributed by atoms with Gasteiger partial charge in [-0.3, -0.25) is 0 Å². The van der Waals surface area contributed by atoms with E-state index in [1.807, 2.05) is 0 Å². The lowest BCUT2D eigenvalue weighted by Crippen LogP contribution is -1.99. The number of para-hydroxylation sites is 1. The Morgan fingerprint density at radius 2 is 1.50 bits per heavy atom. The standard InChI is InChI=1S/C19H29N/c1-3-4-5-6-7-8-9-12-15-20-17(2)16-18-13-10-11-14-19(18)20/h10-11,13-14,16H,3-9,12,15H2,1-2H3. The van der Waals surface area contributed by atoms with E-state index in [9.17, 15) is 0 Å². The summed E-state index contributed by atoms with van der Waals surface area (Å²) in [6.07, 6.45) is 11.1. The molecule has 1 aromatic carbocycles. The number of aromatic nitrogens is 1. The molecule has 0 spiro atoms. The number of rotatable bonds is 9. The molecule has 1 heterocycles. The molecule has 1 heteroatoms. The average Bonchev–Trinajstić information content (AvgIpc) is 2.78. The minimum absolute atomic E-state index is 1.17. The number of hydrogen-bond acceptors (Lipinski definition) is 0. The van der Waals surface area contributed by atoms with Crippen LogP contribution in [-0.2, 0) is 6.54 Å². The molecule has 0 bridgehead atoms. The summed E-state index contributed by atoms with van der Waals surface area (Å²) in [6, 6.07) is 11.0. The van der Waals surface area contributed by atoms with Crippen molar-refractivity contribution >= 4 is 10.9 Å². The second-order valence-electron chi connectivity index (χ2n) is 5.97. The summed E-state index contributed by atoms with van der Waals surface area (Å²) in [7, 11) is 0. The van der Waals surface area contributed by atoms with Crippen LogP contribution in [0.5, 0.6) is 0 Å². The van der Waals surface area contributed by atoms with Gasteiger partial charge >= 0.3 is 0 Å². The number of hydrogen-bond donors (Lipinski definition) is 0. The fraction of sp³-hybridized carbons (Fsp3) is 0.579. The summed E-state index contributed by atoms with van der Waals surface area (Å²) in [5.41, 5.74) is 2.79. The molecule has 20 heavy (non-hydrogen) atoms. The highest BCUT2D eigenvalue weighted by molar-refractivity contribution is 5.81. The van der Waals surface area contributed by atoms with Crippen LogP contribution in [0.3, 0.4) is 0 Å². The van der Waals surface area contributed by atoms with Crippen molar-refractivity contribution in [1.29, 1.82) is 0 Å². The zero-order valence-corrected chi connectivity index (χ0v) is 13.2. The van der Waals surface area contributed by atoms with Gasteiger partial charge in [-0.05, 0) is 30.9 Å². The topological polar surface area (TPSA) is 4.93 Å². The minimum Gasteiger partial charge on any atom is -0.345 e. The van der Waals surface area contributed by atoms with Gasteiger partial charge in [0.15, 0.2) is 0 Å². The number of aryl methyl sites for hydroxylation is 2. The highest BCUT2D eigenvalue weighted by atomic mass is 15.0. The van der Waals surface area contributed by atoms with Gasteiger partial charge in [0.05, 0.1) is 0 Å². The Kier molecular flexibility index (Phi) is 6.17. The summed E-state index contributed by atoms with van der Waals surface area (Å²) < 4.78 is 2.48. The van der Waals surface area contributed by atoms with Crippen molar-refractivity contribution in [3.63, 3.8) is 0 Å². The minimum atomic E-state index is 1.17. The lowest BCUT2D eigenvalue weighted by molar-refractivity contribution is 0.546. The van der Waals surface area contributed by atoms with Gasteiger partial charge in [-0.15, -0.1) is 0 Å². The van der Waals surface area contributed by atoms with Gasteiger partial charge in [-0.1, -0.05) is 70.1 Å². The van der Waals surface area contributed by atoms with Gasteiger partial charge in [-0.25, -0.2) is 0 Å². The van der Waals surface area contributed by atoms with E-state index >= 15 is 0 Å². The Morgan fingerprint density at radius 3 is 2.25 bits per heavy atom. The molecule has 0 unspecified atom stereocenters. The molecule has 2 aromatic rings. The molecule has 0 aliphatic heterocycles. The number of nitrogens with zero attached hydrogens (tertiary/aromatic N) is 1. The van der Waals surface area contributed by atoms with Crippen LogP contribution in [0.2, 0.25) is 0 Å². The van der Waals surface area contributed by atoms with Crippen molar-refractivity contribution < 1.29 is 0 Å². The van der Waals surface area contributed by atoms with Crippen LogP contribution in [0.15, 0.2) is 30.3 Å². The Hall–Kier alpha value is -1.24. The first-order valence-corrected chi connectivity index (χ1v) is 8.38. The summed E-state index contributed by atoms with van der Waals surface area (Å²) in [5, 5.41) is 1.38. The van der Waals surface area contributed by atoms with E-state index in [1.54, 1.807) is 0 Å². The Morgan fingerprint density at radius 1 is 0.850 bits per heavy atom. The third kappa shape index (κ3) is 4.13. The molecule has 0 radical (unpaired) electrons. The summed E-state index contributed by atoms with van der Waals surface area (Å²) in [4.78, 5) is 0. The van der Waals surface area contributed by atoms with Crippen LogP contribution in [0.1, 0.15) is 64.0 Å². The molecule has 1 nitrogen and oxygen atoms in total.